The molecule has 142 valence electrons. The van der Waals surface area contributed by atoms with Crippen LogP contribution < -0.4 is 9.66 Å². The first kappa shape index (κ1) is 20.6. The number of aryl methyl sites for hydroxylation is 2. The van der Waals surface area contributed by atoms with Gasteiger partial charge >= 0.3 is 0 Å². The number of rotatable bonds is 5. The summed E-state index contributed by atoms with van der Waals surface area (Å²) in [6.45, 7) is 9.47. The third-order valence-electron chi connectivity index (χ3n) is 3.97. The predicted octanol–water partition coefficient (Wildman–Crippen LogP) is 2.77. The van der Waals surface area contributed by atoms with Crippen molar-refractivity contribution in [3.8, 4) is 0 Å². The molecule has 2 N–H and O–H groups in total. The third kappa shape index (κ3) is 4.70. The van der Waals surface area contributed by atoms with Gasteiger partial charge in [0.25, 0.3) is 20.0 Å². The van der Waals surface area contributed by atoms with Crippen LogP contribution in [0.5, 0.6) is 0 Å². The molecule has 0 fully saturated rings. The first-order valence-electron chi connectivity index (χ1n) is 8.04. The molecule has 0 amide bonds. The molecular formula is C18H24N2O4S2. The summed E-state index contributed by atoms with van der Waals surface area (Å²) in [4.78, 5) is 3.93. The van der Waals surface area contributed by atoms with Crippen molar-refractivity contribution in [1.29, 1.82) is 0 Å². The average molecular weight is 397 g/mol. The predicted molar refractivity (Wildman–Crippen MR) is 102 cm³/mol. The van der Waals surface area contributed by atoms with Gasteiger partial charge in [0.05, 0.1) is 9.79 Å². The van der Waals surface area contributed by atoms with Crippen LogP contribution in [0.3, 0.4) is 0 Å². The molecule has 0 aliphatic rings. The Morgan fingerprint density at radius 3 is 1.85 bits per heavy atom. The van der Waals surface area contributed by atoms with E-state index in [9.17, 15) is 16.8 Å². The van der Waals surface area contributed by atoms with Crippen LogP contribution in [0.15, 0.2) is 52.3 Å². The maximum Gasteiger partial charge on any atom is 0.254 e. The van der Waals surface area contributed by atoms with Gasteiger partial charge in [0.2, 0.25) is 0 Å². The molecule has 0 unspecified atom stereocenters. The summed E-state index contributed by atoms with van der Waals surface area (Å²) < 4.78 is 49.6. The van der Waals surface area contributed by atoms with Gasteiger partial charge in [-0.3, -0.25) is 0 Å². The highest BCUT2D eigenvalue weighted by atomic mass is 32.2. The van der Waals surface area contributed by atoms with Gasteiger partial charge in [-0.25, -0.2) is 16.8 Å². The minimum atomic E-state index is -4.03. The van der Waals surface area contributed by atoms with E-state index in [2.05, 4.69) is 0 Å². The fraction of sp³-hybridized carbons (Fsp3) is 0.333. The normalized spacial score (nSPS) is 13.0. The van der Waals surface area contributed by atoms with E-state index < -0.39 is 20.0 Å². The molecule has 8 heteroatoms. The molecule has 26 heavy (non-hydrogen) atoms. The Morgan fingerprint density at radius 1 is 0.769 bits per heavy atom. The van der Waals surface area contributed by atoms with E-state index in [0.717, 1.165) is 11.1 Å². The van der Waals surface area contributed by atoms with Crippen LogP contribution in [0.4, 0.5) is 0 Å². The average Bonchev–Trinajstić information content (AvgIpc) is 2.55. The zero-order chi connectivity index (χ0) is 19.8. The smallest absolute Gasteiger partial charge is 0.206 e. The Morgan fingerprint density at radius 2 is 1.31 bits per heavy atom. The van der Waals surface area contributed by atoms with E-state index in [4.69, 9.17) is 0 Å². The van der Waals surface area contributed by atoms with E-state index in [-0.39, 0.29) is 15.2 Å². The largest absolute Gasteiger partial charge is 0.254 e. The number of hydrogen-bond acceptors (Lipinski definition) is 4. The summed E-state index contributed by atoms with van der Waals surface area (Å²) in [7, 11) is -8.05. The lowest BCUT2D eigenvalue weighted by Gasteiger charge is -2.19. The van der Waals surface area contributed by atoms with Gasteiger partial charge in [-0.1, -0.05) is 45.0 Å². The lowest BCUT2D eigenvalue weighted by Crippen LogP contribution is -2.41. The van der Waals surface area contributed by atoms with E-state index in [1.165, 1.54) is 18.2 Å². The molecule has 0 saturated carbocycles. The van der Waals surface area contributed by atoms with Gasteiger partial charge in [-0.2, -0.15) is 0 Å². The summed E-state index contributed by atoms with van der Waals surface area (Å²) in [5.41, 5.74) is 2.15. The first-order chi connectivity index (χ1) is 11.8. The second-order valence-electron chi connectivity index (χ2n) is 7.25. The molecule has 2 rings (SSSR count). The molecule has 0 aromatic heterocycles. The van der Waals surface area contributed by atoms with E-state index in [1.807, 2.05) is 30.4 Å². The van der Waals surface area contributed by atoms with Crippen molar-refractivity contribution in [2.75, 3.05) is 0 Å². The number of sulfonamides is 2. The van der Waals surface area contributed by atoms with Gasteiger partial charge < -0.3 is 0 Å². The van der Waals surface area contributed by atoms with Crippen molar-refractivity contribution in [3.05, 3.63) is 59.2 Å². The molecule has 0 aliphatic heterocycles. The molecule has 0 aliphatic carbocycles. The Labute approximate surface area is 155 Å². The lowest BCUT2D eigenvalue weighted by molar-refractivity contribution is 0.557. The van der Waals surface area contributed by atoms with Crippen molar-refractivity contribution in [2.45, 2.75) is 49.8 Å². The van der Waals surface area contributed by atoms with Crippen LogP contribution in [-0.2, 0) is 25.5 Å². The number of hydrogen-bond donors (Lipinski definition) is 2. The quantitative estimate of drug-likeness (QED) is 0.760. The topological polar surface area (TPSA) is 92.3 Å². The zero-order valence-electron chi connectivity index (χ0n) is 15.5. The maximum atomic E-state index is 12.4. The van der Waals surface area contributed by atoms with Gasteiger partial charge in [-0.05, 0) is 54.2 Å². The van der Waals surface area contributed by atoms with Crippen molar-refractivity contribution in [1.82, 2.24) is 9.66 Å². The van der Waals surface area contributed by atoms with Crippen LogP contribution in [-0.4, -0.2) is 16.8 Å². The van der Waals surface area contributed by atoms with E-state index in [0.29, 0.717) is 5.56 Å². The van der Waals surface area contributed by atoms with Crippen LogP contribution in [0, 0.1) is 13.8 Å². The highest BCUT2D eigenvalue weighted by Crippen LogP contribution is 2.23. The highest BCUT2D eigenvalue weighted by molar-refractivity contribution is 7.92. The molecule has 0 spiro atoms. The minimum Gasteiger partial charge on any atom is -0.206 e. The molecule has 0 heterocycles. The second kappa shape index (κ2) is 7.11. The van der Waals surface area contributed by atoms with Crippen molar-refractivity contribution in [3.63, 3.8) is 0 Å². The van der Waals surface area contributed by atoms with Crippen LogP contribution in [0.2, 0.25) is 0 Å². The minimum absolute atomic E-state index is 0.0193. The fourth-order valence-corrected chi connectivity index (χ4v) is 4.79. The van der Waals surface area contributed by atoms with Gasteiger partial charge in [-0.15, -0.1) is 9.66 Å². The standard InChI is InChI=1S/C18H24N2O4S2/c1-13-6-7-14(2)17(12-13)26(23,24)20-19-25(21,22)16-10-8-15(9-11-16)18(3,4)5/h6-12,19-20H,1-5H3. The molecular weight excluding hydrogens is 372 g/mol. The molecule has 2 aromatic rings. The Hall–Kier alpha value is -1.74. The van der Waals surface area contributed by atoms with Crippen molar-refractivity contribution < 1.29 is 16.8 Å². The van der Waals surface area contributed by atoms with E-state index in [1.54, 1.807) is 38.1 Å². The Kier molecular flexibility index (Phi) is 5.63. The highest BCUT2D eigenvalue weighted by Gasteiger charge is 2.22. The summed E-state index contributed by atoms with van der Waals surface area (Å²) in [5, 5.41) is 0. The van der Waals surface area contributed by atoms with Gasteiger partial charge in [0.15, 0.2) is 0 Å². The number of nitrogens with one attached hydrogen (secondary N) is 2. The Bertz CT molecular complexity index is 1000. The first-order valence-corrected chi connectivity index (χ1v) is 11.0. The molecule has 0 bridgehead atoms. The van der Waals surface area contributed by atoms with Crippen LogP contribution in [0.25, 0.3) is 0 Å². The molecule has 0 saturated heterocycles. The SMILES string of the molecule is Cc1ccc(C)c(S(=O)(=O)NNS(=O)(=O)c2ccc(C(C)(C)C)cc2)c1. The van der Waals surface area contributed by atoms with Gasteiger partial charge in [0.1, 0.15) is 0 Å². The summed E-state index contributed by atoms with van der Waals surface area (Å²) in [6.07, 6.45) is 0. The second-order valence-corrected chi connectivity index (χ2v) is 10.6. The maximum absolute atomic E-state index is 12.4. The lowest BCUT2D eigenvalue weighted by atomic mass is 9.87. The number of hydrazine groups is 1. The Balaban J connectivity index is 2.23. The zero-order valence-corrected chi connectivity index (χ0v) is 17.1. The van der Waals surface area contributed by atoms with Gasteiger partial charge in [0, 0.05) is 0 Å². The molecule has 0 atom stereocenters. The molecule has 2 aromatic carbocycles. The summed E-state index contributed by atoms with van der Waals surface area (Å²) in [5.74, 6) is 0. The monoisotopic (exact) mass is 396 g/mol. The van der Waals surface area contributed by atoms with Crippen molar-refractivity contribution >= 4 is 20.0 Å². The van der Waals surface area contributed by atoms with E-state index >= 15 is 0 Å². The summed E-state index contributed by atoms with van der Waals surface area (Å²) in [6, 6.07) is 11.3. The molecule has 0 radical (unpaired) electrons. The molecule has 6 nitrogen and oxygen atoms in total. The van der Waals surface area contributed by atoms with Crippen LogP contribution in [0.1, 0.15) is 37.5 Å². The third-order valence-corrected chi connectivity index (χ3v) is 6.76. The number of benzene rings is 2. The van der Waals surface area contributed by atoms with Crippen molar-refractivity contribution in [2.24, 2.45) is 0 Å². The fourth-order valence-electron chi connectivity index (χ4n) is 2.35. The summed E-state index contributed by atoms with van der Waals surface area (Å²) >= 11 is 0. The van der Waals surface area contributed by atoms with Crippen LogP contribution >= 0.6 is 0 Å².